The van der Waals surface area contributed by atoms with E-state index < -0.39 is 15.8 Å². The third kappa shape index (κ3) is 3.49. The second-order valence-electron chi connectivity index (χ2n) is 5.04. The number of sulfonamides is 1. The summed E-state index contributed by atoms with van der Waals surface area (Å²) in [5, 5.41) is 3.22. The average Bonchev–Trinajstić information content (AvgIpc) is 2.42. The summed E-state index contributed by atoms with van der Waals surface area (Å²) in [7, 11) is -3.52. The lowest BCUT2D eigenvalue weighted by atomic mass is 10.1. The molecule has 0 amide bonds. The van der Waals surface area contributed by atoms with Gasteiger partial charge in [0.25, 0.3) is 0 Å². The van der Waals surface area contributed by atoms with E-state index in [0.29, 0.717) is 0 Å². The minimum absolute atomic E-state index is 0.0230. The molecule has 1 aliphatic heterocycles. The first-order chi connectivity index (χ1) is 9.54. The van der Waals surface area contributed by atoms with Crippen LogP contribution in [-0.2, 0) is 10.0 Å². The van der Waals surface area contributed by atoms with Crippen LogP contribution in [0.2, 0.25) is 0 Å². The van der Waals surface area contributed by atoms with Gasteiger partial charge in [0.1, 0.15) is 5.82 Å². The zero-order valence-corrected chi connectivity index (χ0v) is 12.5. The fraction of sp³-hybridized carbons (Fsp3) is 0.571. The summed E-state index contributed by atoms with van der Waals surface area (Å²) in [6, 6.07) is 5.96. The molecule has 0 aromatic heterocycles. The van der Waals surface area contributed by atoms with Crippen molar-refractivity contribution in [2.45, 2.75) is 32.2 Å². The Labute approximate surface area is 120 Å². The van der Waals surface area contributed by atoms with Crippen molar-refractivity contribution in [2.75, 3.05) is 23.1 Å². The number of hydrogen-bond acceptors (Lipinski definition) is 3. The smallest absolute Gasteiger partial charge is 0.236 e. The van der Waals surface area contributed by atoms with E-state index in [0.717, 1.165) is 25.8 Å². The maximum atomic E-state index is 13.8. The van der Waals surface area contributed by atoms with Gasteiger partial charge in [-0.05, 0) is 38.4 Å². The third-order valence-electron chi connectivity index (χ3n) is 3.57. The van der Waals surface area contributed by atoms with Gasteiger partial charge < -0.3 is 5.32 Å². The normalized spacial score (nSPS) is 19.8. The summed E-state index contributed by atoms with van der Waals surface area (Å²) >= 11 is 0. The Bertz CT molecular complexity index is 542. The van der Waals surface area contributed by atoms with Crippen molar-refractivity contribution >= 4 is 15.7 Å². The average molecular weight is 300 g/mol. The predicted octanol–water partition coefficient (Wildman–Crippen LogP) is 2.12. The van der Waals surface area contributed by atoms with E-state index >= 15 is 0 Å². The van der Waals surface area contributed by atoms with Gasteiger partial charge in [0.05, 0.1) is 11.4 Å². The monoisotopic (exact) mass is 300 g/mol. The van der Waals surface area contributed by atoms with Crippen LogP contribution in [0.25, 0.3) is 0 Å². The van der Waals surface area contributed by atoms with Crippen LogP contribution in [0.3, 0.4) is 0 Å². The summed E-state index contributed by atoms with van der Waals surface area (Å²) in [4.78, 5) is 0. The van der Waals surface area contributed by atoms with Crippen LogP contribution < -0.4 is 9.62 Å². The van der Waals surface area contributed by atoms with Crippen LogP contribution in [0.4, 0.5) is 10.1 Å². The van der Waals surface area contributed by atoms with Gasteiger partial charge in [0.2, 0.25) is 10.0 Å². The van der Waals surface area contributed by atoms with E-state index in [1.54, 1.807) is 19.1 Å². The molecule has 0 bridgehead atoms. The molecule has 1 saturated heterocycles. The molecule has 1 unspecified atom stereocenters. The Hall–Kier alpha value is -1.14. The van der Waals surface area contributed by atoms with E-state index in [9.17, 15) is 12.8 Å². The van der Waals surface area contributed by atoms with Crippen molar-refractivity contribution in [1.29, 1.82) is 0 Å². The summed E-state index contributed by atoms with van der Waals surface area (Å²) in [6.45, 7) is 2.81. The van der Waals surface area contributed by atoms with Crippen LogP contribution in [0.15, 0.2) is 24.3 Å². The largest absolute Gasteiger partial charge is 0.313 e. The van der Waals surface area contributed by atoms with Crippen molar-refractivity contribution in [3.63, 3.8) is 0 Å². The molecule has 0 radical (unpaired) electrons. The molecule has 20 heavy (non-hydrogen) atoms. The molecule has 0 saturated carbocycles. The van der Waals surface area contributed by atoms with Gasteiger partial charge in [-0.15, -0.1) is 0 Å². The number of nitrogens with one attached hydrogen (secondary N) is 1. The predicted molar refractivity (Wildman–Crippen MR) is 78.8 cm³/mol. The highest BCUT2D eigenvalue weighted by atomic mass is 32.2. The van der Waals surface area contributed by atoms with Crippen molar-refractivity contribution in [3.05, 3.63) is 30.1 Å². The SMILES string of the molecule is CCN(c1ccccc1F)S(=O)(=O)CC1CCCCN1. The van der Waals surface area contributed by atoms with Crippen LogP contribution in [-0.4, -0.2) is 33.3 Å². The number of halogens is 1. The Balaban J connectivity index is 2.19. The van der Waals surface area contributed by atoms with E-state index in [4.69, 9.17) is 0 Å². The van der Waals surface area contributed by atoms with Crippen molar-refractivity contribution < 1.29 is 12.8 Å². The lowest BCUT2D eigenvalue weighted by Crippen LogP contribution is -2.44. The molecule has 2 rings (SSSR count). The molecule has 1 aromatic rings. The molecule has 1 aliphatic rings. The molecule has 0 aliphatic carbocycles. The van der Waals surface area contributed by atoms with E-state index in [2.05, 4.69) is 5.32 Å². The third-order valence-corrected chi connectivity index (χ3v) is 5.52. The molecule has 0 spiro atoms. The fourth-order valence-corrected chi connectivity index (χ4v) is 4.40. The van der Waals surface area contributed by atoms with Gasteiger partial charge in [0, 0.05) is 12.6 Å². The standard InChI is InChI=1S/C14H21FN2O2S/c1-2-17(14-9-4-3-8-13(14)15)20(18,19)11-12-7-5-6-10-16-12/h3-4,8-9,12,16H,2,5-7,10-11H2,1H3. The van der Waals surface area contributed by atoms with Gasteiger partial charge >= 0.3 is 0 Å². The van der Waals surface area contributed by atoms with Crippen LogP contribution >= 0.6 is 0 Å². The minimum Gasteiger partial charge on any atom is -0.313 e. The molecule has 6 heteroatoms. The molecule has 1 fully saturated rings. The second kappa shape index (κ2) is 6.54. The topological polar surface area (TPSA) is 49.4 Å². The second-order valence-corrected chi connectivity index (χ2v) is 6.98. The van der Waals surface area contributed by atoms with Gasteiger partial charge in [-0.2, -0.15) is 0 Å². The number of hydrogen-bond donors (Lipinski definition) is 1. The molecule has 1 heterocycles. The van der Waals surface area contributed by atoms with Crippen LogP contribution in [0.1, 0.15) is 26.2 Å². The Morgan fingerprint density at radius 1 is 1.35 bits per heavy atom. The van der Waals surface area contributed by atoms with Crippen molar-refractivity contribution in [3.8, 4) is 0 Å². The summed E-state index contributed by atoms with van der Waals surface area (Å²) < 4.78 is 40.0. The Kier molecular flexibility index (Phi) is 4.99. The first-order valence-electron chi connectivity index (χ1n) is 7.03. The quantitative estimate of drug-likeness (QED) is 0.906. The number of benzene rings is 1. The van der Waals surface area contributed by atoms with Crippen LogP contribution in [0, 0.1) is 5.82 Å². The number of nitrogens with zero attached hydrogens (tertiary/aromatic N) is 1. The first-order valence-corrected chi connectivity index (χ1v) is 8.64. The molecular formula is C14H21FN2O2S. The molecule has 112 valence electrons. The summed E-state index contributed by atoms with van der Waals surface area (Å²) in [6.07, 6.45) is 2.98. The fourth-order valence-electron chi connectivity index (χ4n) is 2.58. The number of anilines is 1. The lowest BCUT2D eigenvalue weighted by Gasteiger charge is -2.28. The van der Waals surface area contributed by atoms with E-state index in [1.165, 1.54) is 16.4 Å². The molecule has 1 aromatic carbocycles. The highest BCUT2D eigenvalue weighted by molar-refractivity contribution is 7.92. The van der Waals surface area contributed by atoms with Gasteiger partial charge in [-0.25, -0.2) is 12.8 Å². The van der Waals surface area contributed by atoms with Gasteiger partial charge in [-0.1, -0.05) is 18.6 Å². The first kappa shape index (κ1) is 15.3. The molecule has 4 nitrogen and oxygen atoms in total. The molecule has 1 N–H and O–H groups in total. The highest BCUT2D eigenvalue weighted by Gasteiger charge is 2.27. The van der Waals surface area contributed by atoms with Gasteiger partial charge in [-0.3, -0.25) is 4.31 Å². The Morgan fingerprint density at radius 3 is 2.70 bits per heavy atom. The van der Waals surface area contributed by atoms with Crippen molar-refractivity contribution in [1.82, 2.24) is 5.32 Å². The van der Waals surface area contributed by atoms with Gasteiger partial charge in [0.15, 0.2) is 0 Å². The maximum absolute atomic E-state index is 13.8. The molecular weight excluding hydrogens is 279 g/mol. The summed E-state index contributed by atoms with van der Waals surface area (Å²) in [5.74, 6) is -0.482. The number of rotatable bonds is 5. The summed E-state index contributed by atoms with van der Waals surface area (Å²) in [5.41, 5.74) is 0.130. The van der Waals surface area contributed by atoms with Crippen molar-refractivity contribution in [2.24, 2.45) is 0 Å². The number of para-hydroxylation sites is 1. The lowest BCUT2D eigenvalue weighted by molar-refractivity contribution is 0.423. The minimum atomic E-state index is -3.52. The molecule has 1 atom stereocenters. The zero-order valence-electron chi connectivity index (χ0n) is 11.7. The highest BCUT2D eigenvalue weighted by Crippen LogP contribution is 2.23. The zero-order chi connectivity index (χ0) is 14.6. The van der Waals surface area contributed by atoms with E-state index in [-0.39, 0.29) is 24.0 Å². The maximum Gasteiger partial charge on any atom is 0.236 e. The number of piperidine rings is 1. The van der Waals surface area contributed by atoms with E-state index in [1.807, 2.05) is 0 Å². The van der Waals surface area contributed by atoms with Crippen LogP contribution in [0.5, 0.6) is 0 Å². The Morgan fingerprint density at radius 2 is 2.10 bits per heavy atom.